The molecule has 0 heterocycles. The number of carboxylic acid groups (broad SMARTS) is 1. The Hall–Kier alpha value is -2.03. The molecule has 0 saturated heterocycles. The smallest absolute Gasteiger partial charge is 0.332 e. The van der Waals surface area contributed by atoms with Gasteiger partial charge in [0.1, 0.15) is 12.2 Å². The van der Waals surface area contributed by atoms with E-state index >= 15 is 0 Å². The fraction of sp³-hybridized carbons (Fsp3) is 0.909. The van der Waals surface area contributed by atoms with Gasteiger partial charge in [-0.2, -0.15) is 0 Å². The first-order valence-corrected chi connectivity index (χ1v) is 17.3. The number of nitrogens with one attached hydrogen (secondary N) is 1. The van der Waals surface area contributed by atoms with Crippen molar-refractivity contribution < 1.29 is 76.3 Å². The highest BCUT2D eigenvalue weighted by atomic mass is 16.6. The monoisotopic (exact) mass is 729 g/mol. The van der Waals surface area contributed by atoms with E-state index in [0.29, 0.717) is 152 Å². The summed E-state index contributed by atoms with van der Waals surface area (Å²) in [7, 11) is 0. The molecule has 50 heavy (non-hydrogen) atoms. The van der Waals surface area contributed by atoms with E-state index in [1.807, 2.05) is 20.8 Å². The normalized spacial score (nSPS) is 11.6. The summed E-state index contributed by atoms with van der Waals surface area (Å²) in [5.41, 5.74) is -0.518. The highest BCUT2D eigenvalue weighted by molar-refractivity contribution is 5.80. The molecular weight excluding hydrogens is 666 g/mol. The molecule has 0 atom stereocenters. The SMILES string of the molecule is CC(C)(C)OC(=O)COCCOCCOCCOCCOCCOCCOCCOCCOCCOCCOCCCNC(=O)CCC(=O)O. The molecule has 0 bridgehead atoms. The predicted molar refractivity (Wildman–Crippen MR) is 179 cm³/mol. The van der Waals surface area contributed by atoms with E-state index in [9.17, 15) is 14.4 Å². The van der Waals surface area contributed by atoms with Crippen molar-refractivity contribution in [2.45, 2.75) is 45.6 Å². The molecule has 0 aromatic carbocycles. The average Bonchev–Trinajstić information content (AvgIpc) is 3.06. The van der Waals surface area contributed by atoms with Crippen molar-refractivity contribution in [3.8, 4) is 0 Å². The number of amides is 1. The molecule has 0 fully saturated rings. The maximum atomic E-state index is 11.5. The zero-order valence-electron chi connectivity index (χ0n) is 30.5. The van der Waals surface area contributed by atoms with Crippen LogP contribution in [-0.4, -0.2) is 180 Å². The third kappa shape index (κ3) is 42.1. The van der Waals surface area contributed by atoms with Gasteiger partial charge in [-0.15, -0.1) is 0 Å². The minimum absolute atomic E-state index is 0.0141. The number of hydrogen-bond acceptors (Lipinski definition) is 15. The molecule has 0 aromatic heterocycles. The molecule has 0 aromatic rings. The lowest BCUT2D eigenvalue weighted by atomic mass is 10.2. The van der Waals surface area contributed by atoms with Crippen LogP contribution in [0.4, 0.5) is 0 Å². The molecule has 0 saturated carbocycles. The number of carboxylic acids is 1. The topological polar surface area (TPSA) is 194 Å². The van der Waals surface area contributed by atoms with Gasteiger partial charge >= 0.3 is 11.9 Å². The van der Waals surface area contributed by atoms with E-state index in [1.54, 1.807) is 0 Å². The van der Waals surface area contributed by atoms with Gasteiger partial charge in [0.25, 0.3) is 0 Å². The average molecular weight is 730 g/mol. The van der Waals surface area contributed by atoms with Crippen LogP contribution >= 0.6 is 0 Å². The van der Waals surface area contributed by atoms with Crippen LogP contribution in [0.15, 0.2) is 0 Å². The molecule has 2 N–H and O–H groups in total. The Labute approximate surface area is 297 Å². The molecule has 0 aliphatic heterocycles. The van der Waals surface area contributed by atoms with E-state index in [1.165, 1.54) is 0 Å². The Kier molecular flexibility index (Phi) is 35.3. The number of ether oxygens (including phenoxy) is 12. The second-order valence-electron chi connectivity index (χ2n) is 11.4. The van der Waals surface area contributed by atoms with E-state index in [2.05, 4.69) is 5.32 Å². The molecule has 0 aliphatic carbocycles. The summed E-state index contributed by atoms with van der Waals surface area (Å²) < 4.78 is 64.7. The molecule has 0 rings (SSSR count). The lowest BCUT2D eigenvalue weighted by molar-refractivity contribution is -0.160. The van der Waals surface area contributed by atoms with Gasteiger partial charge in [0.15, 0.2) is 0 Å². The molecule has 0 spiro atoms. The van der Waals surface area contributed by atoms with Gasteiger partial charge in [-0.3, -0.25) is 9.59 Å². The Morgan fingerprint density at radius 3 is 1.06 bits per heavy atom. The highest BCUT2D eigenvalue weighted by Gasteiger charge is 2.15. The third-order valence-electron chi connectivity index (χ3n) is 5.71. The summed E-state index contributed by atoms with van der Waals surface area (Å²) in [5, 5.41) is 11.2. The van der Waals surface area contributed by atoms with Crippen molar-refractivity contribution in [1.29, 1.82) is 0 Å². The fourth-order valence-corrected chi connectivity index (χ4v) is 3.44. The second-order valence-corrected chi connectivity index (χ2v) is 11.4. The largest absolute Gasteiger partial charge is 0.481 e. The quantitative estimate of drug-likeness (QED) is 0.0668. The van der Waals surface area contributed by atoms with Gasteiger partial charge in [-0.05, 0) is 27.2 Å². The van der Waals surface area contributed by atoms with Crippen LogP contribution in [0.3, 0.4) is 0 Å². The molecule has 296 valence electrons. The first-order valence-electron chi connectivity index (χ1n) is 17.3. The Bertz CT molecular complexity index is 783. The van der Waals surface area contributed by atoms with Gasteiger partial charge in [0, 0.05) is 19.6 Å². The van der Waals surface area contributed by atoms with Crippen molar-refractivity contribution in [2.75, 3.05) is 152 Å². The maximum Gasteiger partial charge on any atom is 0.332 e. The summed E-state index contributed by atoms with van der Waals surface area (Å²) in [6, 6.07) is 0. The standard InChI is InChI=1S/C33H63NO16/c1-33(2,3)50-32(38)29-49-28-27-48-26-25-47-24-23-46-22-21-45-20-19-44-18-17-43-16-15-42-14-13-41-12-11-40-10-9-39-8-4-7-34-30(35)5-6-31(36)37/h4-29H2,1-3H3,(H,34,35)(H,36,37). The summed E-state index contributed by atoms with van der Waals surface area (Å²) in [4.78, 5) is 33.3. The van der Waals surface area contributed by atoms with Crippen LogP contribution in [0.25, 0.3) is 0 Å². The van der Waals surface area contributed by atoms with E-state index in [4.69, 9.17) is 61.9 Å². The molecule has 17 heteroatoms. The molecule has 1 amide bonds. The van der Waals surface area contributed by atoms with Crippen LogP contribution in [0.2, 0.25) is 0 Å². The number of esters is 1. The minimum Gasteiger partial charge on any atom is -0.481 e. The van der Waals surface area contributed by atoms with Crippen LogP contribution < -0.4 is 5.32 Å². The first-order chi connectivity index (χ1) is 24.2. The molecule has 0 radical (unpaired) electrons. The Morgan fingerprint density at radius 1 is 0.460 bits per heavy atom. The number of hydrogen-bond donors (Lipinski definition) is 2. The predicted octanol–water partition coefficient (Wildman–Crippen LogP) is 0.882. The third-order valence-corrected chi connectivity index (χ3v) is 5.71. The highest BCUT2D eigenvalue weighted by Crippen LogP contribution is 2.06. The van der Waals surface area contributed by atoms with Crippen molar-refractivity contribution in [3.63, 3.8) is 0 Å². The summed E-state index contributed by atoms with van der Waals surface area (Å²) in [6.07, 6.45) is 0.465. The van der Waals surface area contributed by atoms with Gasteiger partial charge in [-0.25, -0.2) is 4.79 Å². The van der Waals surface area contributed by atoms with Crippen LogP contribution in [-0.2, 0) is 71.2 Å². The number of carbonyl (C=O) groups excluding carboxylic acids is 2. The van der Waals surface area contributed by atoms with Crippen molar-refractivity contribution in [1.82, 2.24) is 5.32 Å². The lowest BCUT2D eigenvalue weighted by Crippen LogP contribution is -2.27. The van der Waals surface area contributed by atoms with Crippen molar-refractivity contribution >= 4 is 17.8 Å². The molecule has 0 aliphatic rings. The second kappa shape index (κ2) is 36.8. The van der Waals surface area contributed by atoms with E-state index < -0.39 is 17.5 Å². The summed E-state index contributed by atoms with van der Waals surface area (Å²) >= 11 is 0. The van der Waals surface area contributed by atoms with E-state index in [-0.39, 0.29) is 25.4 Å². The lowest BCUT2D eigenvalue weighted by Gasteiger charge is -2.19. The maximum absolute atomic E-state index is 11.5. The van der Waals surface area contributed by atoms with Crippen LogP contribution in [0.1, 0.15) is 40.0 Å². The summed E-state index contributed by atoms with van der Waals surface area (Å²) in [6.45, 7) is 15.3. The van der Waals surface area contributed by atoms with Gasteiger partial charge in [0.05, 0.1) is 139 Å². The van der Waals surface area contributed by atoms with Crippen LogP contribution in [0.5, 0.6) is 0 Å². The zero-order valence-corrected chi connectivity index (χ0v) is 30.5. The van der Waals surface area contributed by atoms with Crippen LogP contribution in [0, 0.1) is 0 Å². The van der Waals surface area contributed by atoms with E-state index in [0.717, 1.165) is 0 Å². The zero-order chi connectivity index (χ0) is 36.8. The van der Waals surface area contributed by atoms with Gasteiger partial charge in [-0.1, -0.05) is 0 Å². The number of aliphatic carboxylic acids is 1. The van der Waals surface area contributed by atoms with Crippen molar-refractivity contribution in [3.05, 3.63) is 0 Å². The first kappa shape index (κ1) is 48.0. The Balaban J connectivity index is 3.13. The van der Waals surface area contributed by atoms with Gasteiger partial charge < -0.3 is 67.3 Å². The summed E-state index contributed by atoms with van der Waals surface area (Å²) in [5.74, 6) is -1.65. The molecule has 17 nitrogen and oxygen atoms in total. The Morgan fingerprint density at radius 2 is 0.760 bits per heavy atom. The van der Waals surface area contributed by atoms with Gasteiger partial charge in [0.2, 0.25) is 5.91 Å². The number of rotatable bonds is 39. The number of carbonyl (C=O) groups is 3. The molecular formula is C33H63NO16. The minimum atomic E-state index is -0.986. The molecule has 0 unspecified atom stereocenters. The fourth-order valence-electron chi connectivity index (χ4n) is 3.44. The van der Waals surface area contributed by atoms with Crippen molar-refractivity contribution in [2.24, 2.45) is 0 Å².